The normalized spacial score (nSPS) is 12.2. The van der Waals surface area contributed by atoms with E-state index in [1.54, 1.807) is 25.4 Å². The summed E-state index contributed by atoms with van der Waals surface area (Å²) in [5.41, 5.74) is 0.740. The van der Waals surface area contributed by atoms with E-state index in [-0.39, 0.29) is 30.8 Å². The van der Waals surface area contributed by atoms with Gasteiger partial charge in [0.25, 0.3) is 0 Å². The zero-order chi connectivity index (χ0) is 19.0. The summed E-state index contributed by atoms with van der Waals surface area (Å²) in [5, 5.41) is 5.15. The van der Waals surface area contributed by atoms with E-state index in [1.807, 2.05) is 20.8 Å². The van der Waals surface area contributed by atoms with Crippen LogP contribution in [-0.2, 0) is 27.2 Å². The van der Waals surface area contributed by atoms with Crippen molar-refractivity contribution in [1.29, 1.82) is 0 Å². The van der Waals surface area contributed by atoms with E-state index < -0.39 is 11.6 Å². The van der Waals surface area contributed by atoms with Crippen LogP contribution in [0.5, 0.6) is 0 Å². The van der Waals surface area contributed by atoms with Crippen LogP contribution in [0.2, 0.25) is 0 Å². The third kappa shape index (κ3) is 9.01. The average molecular weight is 405 g/mol. The van der Waals surface area contributed by atoms with E-state index >= 15 is 0 Å². The molecule has 1 aromatic rings. The lowest BCUT2D eigenvalue weighted by molar-refractivity contribution is -0.157. The minimum Gasteiger partial charge on any atom is -0.459 e. The highest BCUT2D eigenvalue weighted by molar-refractivity contribution is 7.10. The molecular weight excluding hydrogens is 372 g/mol. The summed E-state index contributed by atoms with van der Waals surface area (Å²) in [4.78, 5) is 27.2. The minimum absolute atomic E-state index is 0. The molecule has 0 radical (unpaired) electrons. The van der Waals surface area contributed by atoms with Gasteiger partial charge in [0.2, 0.25) is 5.91 Å². The second kappa shape index (κ2) is 11.6. The first-order chi connectivity index (χ1) is 11.6. The van der Waals surface area contributed by atoms with Gasteiger partial charge in [0.1, 0.15) is 11.6 Å². The highest BCUT2D eigenvalue weighted by Crippen LogP contribution is 2.22. The third-order valence-electron chi connectivity index (χ3n) is 3.72. The van der Waals surface area contributed by atoms with E-state index in [2.05, 4.69) is 23.7 Å². The molecule has 1 amide bonds. The topological polar surface area (TPSA) is 58.6 Å². The second-order valence-electron chi connectivity index (χ2n) is 7.43. The highest BCUT2D eigenvalue weighted by atomic mass is 35.5. The van der Waals surface area contributed by atoms with Gasteiger partial charge >= 0.3 is 5.97 Å². The maximum atomic E-state index is 12.6. The second-order valence-corrected chi connectivity index (χ2v) is 8.43. The van der Waals surface area contributed by atoms with Gasteiger partial charge in [-0.15, -0.1) is 23.7 Å². The lowest BCUT2D eigenvalue weighted by Gasteiger charge is -2.25. The monoisotopic (exact) mass is 404 g/mol. The van der Waals surface area contributed by atoms with Crippen LogP contribution in [0.3, 0.4) is 0 Å². The Labute approximate surface area is 167 Å². The molecule has 26 heavy (non-hydrogen) atoms. The Kier molecular flexibility index (Phi) is 11.1. The smallest absolute Gasteiger partial charge is 0.324 e. The fraction of sp³-hybridized carbons (Fsp3) is 0.684. The number of nitrogens with one attached hydrogen (secondary N) is 1. The number of aryl methyl sites for hydroxylation is 1. The summed E-state index contributed by atoms with van der Waals surface area (Å²) in [5.74, 6) is -0.375. The van der Waals surface area contributed by atoms with Crippen LogP contribution in [0.1, 0.15) is 51.0 Å². The van der Waals surface area contributed by atoms with Gasteiger partial charge in [-0.05, 0) is 50.6 Å². The van der Waals surface area contributed by atoms with Crippen LogP contribution in [-0.4, -0.2) is 49.1 Å². The van der Waals surface area contributed by atoms with Gasteiger partial charge in [-0.1, -0.05) is 13.3 Å². The Bertz CT molecular complexity index is 567. The van der Waals surface area contributed by atoms with Crippen molar-refractivity contribution in [2.24, 2.45) is 0 Å². The molecule has 0 fully saturated rings. The van der Waals surface area contributed by atoms with Crippen molar-refractivity contribution >= 4 is 35.6 Å². The molecule has 0 aliphatic heterocycles. The van der Waals surface area contributed by atoms with Crippen molar-refractivity contribution in [3.63, 3.8) is 0 Å². The van der Waals surface area contributed by atoms with Crippen molar-refractivity contribution in [1.82, 2.24) is 10.2 Å². The number of ether oxygens (including phenoxy) is 1. The maximum absolute atomic E-state index is 12.6. The highest BCUT2D eigenvalue weighted by Gasteiger charge is 2.27. The molecular formula is C19H33ClN2O3S. The number of thiophene rings is 1. The van der Waals surface area contributed by atoms with E-state index in [1.165, 1.54) is 15.3 Å². The molecule has 0 aromatic carbocycles. The Balaban J connectivity index is 0.00000625. The number of halogens is 1. The molecule has 1 aromatic heterocycles. The van der Waals surface area contributed by atoms with Crippen LogP contribution < -0.4 is 5.32 Å². The van der Waals surface area contributed by atoms with Crippen LogP contribution in [0.25, 0.3) is 0 Å². The summed E-state index contributed by atoms with van der Waals surface area (Å²) >= 11 is 1.66. The van der Waals surface area contributed by atoms with Gasteiger partial charge in [-0.2, -0.15) is 0 Å². The molecule has 1 atom stereocenters. The van der Waals surface area contributed by atoms with Crippen LogP contribution in [0.15, 0.2) is 11.4 Å². The zero-order valence-corrected chi connectivity index (χ0v) is 18.4. The number of likely N-dealkylation sites (N-methyl/N-ethyl adjacent to an activating group) is 1. The lowest BCUT2D eigenvalue weighted by Crippen LogP contribution is -2.46. The zero-order valence-electron chi connectivity index (χ0n) is 16.8. The molecule has 1 rings (SSSR count). The van der Waals surface area contributed by atoms with Crippen LogP contribution in [0, 0.1) is 0 Å². The van der Waals surface area contributed by atoms with Crippen molar-refractivity contribution < 1.29 is 14.3 Å². The summed E-state index contributed by atoms with van der Waals surface area (Å²) < 4.78 is 5.54. The summed E-state index contributed by atoms with van der Waals surface area (Å²) in [6.45, 7) is 7.84. The number of rotatable bonds is 9. The molecule has 0 saturated carbocycles. The van der Waals surface area contributed by atoms with E-state index in [4.69, 9.17) is 4.74 Å². The third-order valence-corrected chi connectivity index (χ3v) is 4.70. The molecule has 7 heteroatoms. The van der Waals surface area contributed by atoms with Gasteiger partial charge in [-0.3, -0.25) is 14.9 Å². The predicted molar refractivity (Wildman–Crippen MR) is 110 cm³/mol. The first-order valence-electron chi connectivity index (χ1n) is 8.85. The number of esters is 1. The quantitative estimate of drug-likeness (QED) is 0.640. The van der Waals surface area contributed by atoms with Crippen molar-refractivity contribution in [3.8, 4) is 0 Å². The standard InChI is InChI=1S/C19H32N2O3S.ClH/c1-7-8-9-14-10-11-25-16(14)12-15(18(23)24-19(2,3)4)20-13-17(22)21(5)6;/h10-11,15,20H,7-9,12-13H2,1-6H3;1H. The summed E-state index contributed by atoms with van der Waals surface area (Å²) in [7, 11) is 3.41. The van der Waals surface area contributed by atoms with Crippen molar-refractivity contribution in [2.45, 2.75) is 65.0 Å². The Morgan fingerprint density at radius 2 is 1.96 bits per heavy atom. The molecule has 1 unspecified atom stereocenters. The SMILES string of the molecule is CCCCc1ccsc1CC(NCC(=O)N(C)C)C(=O)OC(C)(C)C.Cl. The lowest BCUT2D eigenvalue weighted by atomic mass is 10.0. The fourth-order valence-corrected chi connectivity index (χ4v) is 3.28. The van der Waals surface area contributed by atoms with Gasteiger partial charge in [-0.25, -0.2) is 0 Å². The van der Waals surface area contributed by atoms with E-state index in [0.29, 0.717) is 6.42 Å². The number of carbonyl (C=O) groups is 2. The molecule has 0 aliphatic carbocycles. The first-order valence-corrected chi connectivity index (χ1v) is 9.73. The molecule has 0 saturated heterocycles. The number of hydrogen-bond donors (Lipinski definition) is 1. The first kappa shape index (κ1) is 24.9. The largest absolute Gasteiger partial charge is 0.459 e. The van der Waals surface area contributed by atoms with Crippen molar-refractivity contribution in [3.05, 3.63) is 21.9 Å². The summed E-state index contributed by atoms with van der Waals surface area (Å²) in [6.07, 6.45) is 3.84. The van der Waals surface area contributed by atoms with E-state index in [0.717, 1.165) is 19.3 Å². The Morgan fingerprint density at radius 3 is 2.50 bits per heavy atom. The minimum atomic E-state index is -0.553. The number of amides is 1. The van der Waals surface area contributed by atoms with E-state index in [9.17, 15) is 9.59 Å². The molecule has 150 valence electrons. The average Bonchev–Trinajstić information content (AvgIpc) is 2.94. The number of unbranched alkanes of at least 4 members (excludes halogenated alkanes) is 1. The molecule has 0 aliphatic rings. The predicted octanol–water partition coefficient (Wildman–Crippen LogP) is 3.44. The van der Waals surface area contributed by atoms with Crippen LogP contribution >= 0.6 is 23.7 Å². The van der Waals surface area contributed by atoms with Crippen molar-refractivity contribution in [2.75, 3.05) is 20.6 Å². The molecule has 1 heterocycles. The van der Waals surface area contributed by atoms with Gasteiger partial charge in [0.05, 0.1) is 6.54 Å². The van der Waals surface area contributed by atoms with Crippen LogP contribution in [0.4, 0.5) is 0 Å². The molecule has 0 spiro atoms. The number of hydrogen-bond acceptors (Lipinski definition) is 5. The number of nitrogens with zero attached hydrogens (tertiary/aromatic N) is 1. The van der Waals surface area contributed by atoms with Gasteiger partial charge < -0.3 is 9.64 Å². The Morgan fingerprint density at radius 1 is 1.31 bits per heavy atom. The molecule has 0 bridgehead atoms. The molecule has 5 nitrogen and oxygen atoms in total. The van der Waals surface area contributed by atoms with Gasteiger partial charge in [0.15, 0.2) is 0 Å². The maximum Gasteiger partial charge on any atom is 0.324 e. The summed E-state index contributed by atoms with van der Waals surface area (Å²) in [6, 6.07) is 1.61. The Hall–Kier alpha value is -1.11. The molecule has 1 N–H and O–H groups in total. The van der Waals surface area contributed by atoms with Gasteiger partial charge in [0, 0.05) is 25.4 Å². The fourth-order valence-electron chi connectivity index (χ4n) is 2.30. The number of carbonyl (C=O) groups excluding carboxylic acids is 2.